The van der Waals surface area contributed by atoms with E-state index in [0.717, 1.165) is 12.8 Å². The van der Waals surface area contributed by atoms with Gasteiger partial charge in [-0.3, -0.25) is 0 Å². The Bertz CT molecular complexity index is 483. The molecule has 2 nitrogen and oxygen atoms in total. The van der Waals surface area contributed by atoms with E-state index in [9.17, 15) is 13.2 Å². The summed E-state index contributed by atoms with van der Waals surface area (Å²) in [5.41, 5.74) is 0.0820. The van der Waals surface area contributed by atoms with Crippen molar-refractivity contribution in [2.45, 2.75) is 52.2 Å². The number of aryl methyl sites for hydroxylation is 2. The first kappa shape index (κ1) is 17.3. The smallest absolute Gasteiger partial charge is 0.266 e. The fraction of sp³-hybridized carbons (Fsp3) is 0.647. The molecule has 22 heavy (non-hydrogen) atoms. The SMILES string of the molecule is CCCC1COC(CCc2ccc(C)c(C(F)F)c2F)OC1. The van der Waals surface area contributed by atoms with E-state index in [1.807, 2.05) is 0 Å². The number of rotatable bonds is 6. The standard InChI is InChI=1S/C17H23F3O2/c1-3-4-12-9-21-14(22-10-12)8-7-13-6-5-11(2)15(16(13)18)17(19)20/h5-6,12,14,17H,3-4,7-10H2,1-2H3. The minimum absolute atomic E-state index is 0.281. The maximum Gasteiger partial charge on any atom is 0.266 e. The van der Waals surface area contributed by atoms with Crippen LogP contribution in [0.15, 0.2) is 12.1 Å². The number of alkyl halides is 2. The zero-order valence-electron chi connectivity index (χ0n) is 13.1. The summed E-state index contributed by atoms with van der Waals surface area (Å²) in [4.78, 5) is 0. The maximum atomic E-state index is 14.1. The highest BCUT2D eigenvalue weighted by Gasteiger charge is 2.23. The third-order valence-electron chi connectivity index (χ3n) is 4.08. The second-order valence-electron chi connectivity index (χ2n) is 5.86. The van der Waals surface area contributed by atoms with Crippen molar-refractivity contribution in [1.29, 1.82) is 0 Å². The van der Waals surface area contributed by atoms with Gasteiger partial charge in [-0.1, -0.05) is 25.5 Å². The second kappa shape index (κ2) is 7.97. The lowest BCUT2D eigenvalue weighted by Gasteiger charge is -2.29. The van der Waals surface area contributed by atoms with Gasteiger partial charge in [-0.2, -0.15) is 0 Å². The molecule has 0 unspecified atom stereocenters. The molecule has 1 fully saturated rings. The molecular formula is C17H23F3O2. The zero-order chi connectivity index (χ0) is 16.1. The third kappa shape index (κ3) is 4.23. The average Bonchev–Trinajstić information content (AvgIpc) is 2.48. The maximum absolute atomic E-state index is 14.1. The number of benzene rings is 1. The van der Waals surface area contributed by atoms with E-state index >= 15 is 0 Å². The predicted octanol–water partition coefficient (Wildman–Crippen LogP) is 4.79. The van der Waals surface area contributed by atoms with Crippen LogP contribution in [0.4, 0.5) is 13.2 Å². The van der Waals surface area contributed by atoms with E-state index in [2.05, 4.69) is 6.92 Å². The Balaban J connectivity index is 1.91. The van der Waals surface area contributed by atoms with Crippen LogP contribution in [0.3, 0.4) is 0 Å². The van der Waals surface area contributed by atoms with Crippen molar-refractivity contribution < 1.29 is 22.6 Å². The lowest BCUT2D eigenvalue weighted by molar-refractivity contribution is -0.203. The van der Waals surface area contributed by atoms with Gasteiger partial charge in [-0.25, -0.2) is 13.2 Å². The average molecular weight is 316 g/mol. The van der Waals surface area contributed by atoms with Gasteiger partial charge in [-0.05, 0) is 30.9 Å². The summed E-state index contributed by atoms with van der Waals surface area (Å²) >= 11 is 0. The summed E-state index contributed by atoms with van der Waals surface area (Å²) < 4.78 is 51.1. The molecule has 0 aliphatic carbocycles. The monoisotopic (exact) mass is 316 g/mol. The molecule has 1 aromatic carbocycles. The van der Waals surface area contributed by atoms with E-state index in [4.69, 9.17) is 9.47 Å². The van der Waals surface area contributed by atoms with Crippen molar-refractivity contribution in [2.75, 3.05) is 13.2 Å². The highest BCUT2D eigenvalue weighted by atomic mass is 19.3. The van der Waals surface area contributed by atoms with E-state index in [1.54, 1.807) is 12.1 Å². The van der Waals surface area contributed by atoms with Gasteiger partial charge in [0.1, 0.15) is 5.82 Å². The highest BCUT2D eigenvalue weighted by molar-refractivity contribution is 5.34. The normalized spacial score (nSPS) is 22.3. The quantitative estimate of drug-likeness (QED) is 0.751. The van der Waals surface area contributed by atoms with Crippen LogP contribution in [0.25, 0.3) is 0 Å². The first-order valence-electron chi connectivity index (χ1n) is 7.82. The first-order valence-corrected chi connectivity index (χ1v) is 7.82. The van der Waals surface area contributed by atoms with Crippen molar-refractivity contribution in [3.05, 3.63) is 34.6 Å². The van der Waals surface area contributed by atoms with Crippen LogP contribution in [0.5, 0.6) is 0 Å². The fourth-order valence-electron chi connectivity index (χ4n) is 2.79. The Kier molecular flexibility index (Phi) is 6.26. The Morgan fingerprint density at radius 2 is 1.86 bits per heavy atom. The molecule has 0 amide bonds. The molecule has 0 radical (unpaired) electrons. The number of halogens is 3. The van der Waals surface area contributed by atoms with Crippen LogP contribution in [-0.4, -0.2) is 19.5 Å². The van der Waals surface area contributed by atoms with Gasteiger partial charge >= 0.3 is 0 Å². The van der Waals surface area contributed by atoms with E-state index in [-0.39, 0.29) is 11.9 Å². The highest BCUT2D eigenvalue weighted by Crippen LogP contribution is 2.29. The van der Waals surface area contributed by atoms with Crippen LogP contribution in [0.2, 0.25) is 0 Å². The molecule has 0 atom stereocenters. The molecule has 1 heterocycles. The van der Waals surface area contributed by atoms with Gasteiger partial charge in [0, 0.05) is 12.3 Å². The Hall–Kier alpha value is -1.07. The summed E-state index contributed by atoms with van der Waals surface area (Å²) in [5, 5.41) is 0. The minimum atomic E-state index is -2.79. The molecule has 0 spiro atoms. The minimum Gasteiger partial charge on any atom is -0.352 e. The molecule has 2 rings (SSSR count). The van der Waals surface area contributed by atoms with E-state index in [0.29, 0.717) is 37.5 Å². The van der Waals surface area contributed by atoms with E-state index < -0.39 is 17.8 Å². The second-order valence-corrected chi connectivity index (χ2v) is 5.86. The molecule has 5 heteroatoms. The third-order valence-corrected chi connectivity index (χ3v) is 4.08. The number of hydrogen-bond donors (Lipinski definition) is 0. The van der Waals surface area contributed by atoms with Crippen molar-refractivity contribution in [2.24, 2.45) is 5.92 Å². The fourth-order valence-corrected chi connectivity index (χ4v) is 2.79. The number of ether oxygens (including phenoxy) is 2. The Morgan fingerprint density at radius 1 is 1.18 bits per heavy atom. The van der Waals surface area contributed by atoms with Gasteiger partial charge in [0.15, 0.2) is 6.29 Å². The Labute approximate surface area is 129 Å². The van der Waals surface area contributed by atoms with E-state index in [1.165, 1.54) is 6.92 Å². The largest absolute Gasteiger partial charge is 0.352 e. The summed E-state index contributed by atoms with van der Waals surface area (Å²) in [5.74, 6) is -0.377. The van der Waals surface area contributed by atoms with Gasteiger partial charge in [-0.15, -0.1) is 0 Å². The van der Waals surface area contributed by atoms with Crippen molar-refractivity contribution >= 4 is 0 Å². The molecule has 124 valence electrons. The lowest BCUT2D eigenvalue weighted by Crippen LogP contribution is -2.32. The topological polar surface area (TPSA) is 18.5 Å². The molecule has 0 aromatic heterocycles. The van der Waals surface area contributed by atoms with Crippen LogP contribution in [0.1, 0.15) is 49.3 Å². The van der Waals surface area contributed by atoms with Gasteiger partial charge in [0.25, 0.3) is 6.43 Å². The van der Waals surface area contributed by atoms with Gasteiger partial charge < -0.3 is 9.47 Å². The molecule has 1 aliphatic heterocycles. The molecule has 0 saturated carbocycles. The molecule has 1 aliphatic rings. The first-order chi connectivity index (χ1) is 10.5. The van der Waals surface area contributed by atoms with Crippen LogP contribution >= 0.6 is 0 Å². The zero-order valence-corrected chi connectivity index (χ0v) is 13.1. The van der Waals surface area contributed by atoms with Crippen molar-refractivity contribution in [3.8, 4) is 0 Å². The summed E-state index contributed by atoms with van der Waals surface area (Å²) in [7, 11) is 0. The van der Waals surface area contributed by atoms with Gasteiger partial charge in [0.05, 0.1) is 18.8 Å². The van der Waals surface area contributed by atoms with Crippen molar-refractivity contribution in [1.82, 2.24) is 0 Å². The summed E-state index contributed by atoms with van der Waals surface area (Å²) in [6, 6.07) is 3.11. The van der Waals surface area contributed by atoms with Crippen LogP contribution in [0, 0.1) is 18.7 Å². The van der Waals surface area contributed by atoms with Gasteiger partial charge in [0.2, 0.25) is 0 Å². The molecule has 0 bridgehead atoms. The summed E-state index contributed by atoms with van der Waals surface area (Å²) in [6.07, 6.45) is -0.207. The van der Waals surface area contributed by atoms with Crippen LogP contribution in [-0.2, 0) is 15.9 Å². The Morgan fingerprint density at radius 3 is 2.45 bits per heavy atom. The van der Waals surface area contributed by atoms with Crippen molar-refractivity contribution in [3.63, 3.8) is 0 Å². The summed E-state index contributed by atoms with van der Waals surface area (Å²) in [6.45, 7) is 4.91. The molecule has 0 N–H and O–H groups in total. The number of hydrogen-bond acceptors (Lipinski definition) is 2. The molecular weight excluding hydrogens is 293 g/mol. The predicted molar refractivity (Wildman–Crippen MR) is 78.5 cm³/mol. The molecule has 1 saturated heterocycles. The lowest BCUT2D eigenvalue weighted by atomic mass is 10.0. The van der Waals surface area contributed by atoms with Crippen LogP contribution < -0.4 is 0 Å². The molecule has 1 aromatic rings.